The van der Waals surface area contributed by atoms with E-state index >= 15 is 0 Å². The molecule has 0 bridgehead atoms. The summed E-state index contributed by atoms with van der Waals surface area (Å²) in [6, 6.07) is 7.26. The molecule has 218 valence electrons. The minimum atomic E-state index is 0.309. The maximum Gasteiger partial charge on any atom is 0.119 e. The highest BCUT2D eigenvalue weighted by Gasteiger charge is 1.96. The third-order valence-electron chi connectivity index (χ3n) is 4.54. The molecule has 0 aliphatic rings. The van der Waals surface area contributed by atoms with Crippen LogP contribution >= 0.6 is 0 Å². The minimum absolute atomic E-state index is 0.309. The van der Waals surface area contributed by atoms with Crippen molar-refractivity contribution in [3.05, 3.63) is 24.3 Å². The molecule has 0 aromatic heterocycles. The molecule has 0 radical (unpaired) electrons. The van der Waals surface area contributed by atoms with Gasteiger partial charge in [0.15, 0.2) is 0 Å². The van der Waals surface area contributed by atoms with Crippen LogP contribution in [0.4, 0.5) is 5.69 Å². The highest BCUT2D eigenvalue weighted by molar-refractivity contribution is 5.41. The predicted octanol–water partition coefficient (Wildman–Crippen LogP) is 1.43. The highest BCUT2D eigenvalue weighted by atomic mass is 16.6. The molecular formula is C27H45NO10. The average molecular weight is 544 g/mol. The van der Waals surface area contributed by atoms with Crippen LogP contribution in [0.15, 0.2) is 24.3 Å². The van der Waals surface area contributed by atoms with Crippen LogP contribution < -0.4 is 10.5 Å². The molecule has 1 rings (SSSR count). The summed E-state index contributed by atoms with van der Waals surface area (Å²) in [5.74, 6) is 3.17. The Hall–Kier alpha value is -1.98. The molecule has 0 atom stereocenters. The second-order valence-corrected chi connectivity index (χ2v) is 7.57. The van der Waals surface area contributed by atoms with Gasteiger partial charge in [0.25, 0.3) is 0 Å². The predicted molar refractivity (Wildman–Crippen MR) is 143 cm³/mol. The van der Waals surface area contributed by atoms with Crippen molar-refractivity contribution in [1.29, 1.82) is 0 Å². The lowest BCUT2D eigenvalue weighted by atomic mass is 10.3. The summed E-state index contributed by atoms with van der Waals surface area (Å²) in [5, 5.41) is 0. The first-order valence-electron chi connectivity index (χ1n) is 12.9. The van der Waals surface area contributed by atoms with Crippen LogP contribution in [0.2, 0.25) is 0 Å². The monoisotopic (exact) mass is 543 g/mol. The fraction of sp³-hybridized carbons (Fsp3) is 0.704. The zero-order valence-corrected chi connectivity index (χ0v) is 22.5. The minimum Gasteiger partial charge on any atom is -0.491 e. The van der Waals surface area contributed by atoms with Gasteiger partial charge >= 0.3 is 0 Å². The molecule has 0 saturated heterocycles. The van der Waals surface area contributed by atoms with Gasteiger partial charge in [0.1, 0.15) is 19.0 Å². The summed E-state index contributed by atoms with van der Waals surface area (Å²) < 4.78 is 54.1. The third kappa shape index (κ3) is 24.4. The Bertz CT molecular complexity index is 656. The van der Waals surface area contributed by atoms with E-state index in [1.807, 2.05) is 12.1 Å². The van der Waals surface area contributed by atoms with E-state index in [9.17, 15) is 0 Å². The van der Waals surface area contributed by atoms with E-state index in [4.69, 9.17) is 59.5 Å². The molecule has 1 aromatic rings. The van der Waals surface area contributed by atoms with Crippen molar-refractivity contribution in [2.75, 3.05) is 131 Å². The second-order valence-electron chi connectivity index (χ2n) is 7.57. The molecule has 0 aliphatic heterocycles. The van der Waals surface area contributed by atoms with Crippen LogP contribution in [0.1, 0.15) is 0 Å². The number of hydrogen-bond acceptors (Lipinski definition) is 11. The zero-order valence-electron chi connectivity index (χ0n) is 22.5. The van der Waals surface area contributed by atoms with Gasteiger partial charge in [0.2, 0.25) is 0 Å². The van der Waals surface area contributed by atoms with E-state index in [0.717, 1.165) is 5.75 Å². The molecule has 0 unspecified atom stereocenters. The molecule has 38 heavy (non-hydrogen) atoms. The first-order valence-corrected chi connectivity index (χ1v) is 12.9. The topological polar surface area (TPSA) is 118 Å². The second kappa shape index (κ2) is 28.0. The van der Waals surface area contributed by atoms with Gasteiger partial charge in [-0.05, 0) is 24.3 Å². The molecule has 0 fully saturated rings. The van der Waals surface area contributed by atoms with Crippen LogP contribution in [0.3, 0.4) is 0 Å². The summed E-state index contributed by atoms with van der Waals surface area (Å²) in [6.45, 7) is 9.44. The first kappa shape index (κ1) is 34.0. The molecular weight excluding hydrogens is 498 g/mol. The molecule has 11 heteroatoms. The number of nitrogen functional groups attached to an aromatic ring is 1. The highest BCUT2D eigenvalue weighted by Crippen LogP contribution is 2.12. The summed E-state index contributed by atoms with van der Waals surface area (Å²) >= 11 is 0. The normalized spacial score (nSPS) is 11.0. The molecule has 0 heterocycles. The lowest BCUT2D eigenvalue weighted by Crippen LogP contribution is -2.15. The van der Waals surface area contributed by atoms with E-state index in [-0.39, 0.29) is 0 Å². The number of rotatable bonds is 29. The van der Waals surface area contributed by atoms with Gasteiger partial charge in [0.05, 0.1) is 112 Å². The SMILES string of the molecule is C#CCOCCOCCOCCOCCOCCOCCOCCOCCOCCOc1ccc(N)cc1. The number of benzene rings is 1. The standard InChI is InChI=1S/C27H45NO10/c1-2-7-29-8-9-30-10-11-31-12-13-32-14-15-33-16-17-34-18-19-35-20-21-36-22-23-37-24-25-38-27-5-3-26(28)4-6-27/h1,3-6H,7-25,28H2. The summed E-state index contributed by atoms with van der Waals surface area (Å²) in [5.41, 5.74) is 6.34. The molecule has 0 spiro atoms. The van der Waals surface area contributed by atoms with E-state index in [1.165, 1.54) is 0 Å². The Morgan fingerprint density at radius 1 is 0.447 bits per heavy atom. The Labute approximate surface area is 227 Å². The van der Waals surface area contributed by atoms with Crippen molar-refractivity contribution >= 4 is 5.69 Å². The summed E-state index contributed by atoms with van der Waals surface area (Å²) in [6.07, 6.45) is 5.07. The van der Waals surface area contributed by atoms with Gasteiger partial charge in [-0.1, -0.05) is 5.92 Å². The molecule has 2 N–H and O–H groups in total. The molecule has 0 aliphatic carbocycles. The van der Waals surface area contributed by atoms with E-state index in [0.29, 0.717) is 131 Å². The van der Waals surface area contributed by atoms with Gasteiger partial charge in [-0.25, -0.2) is 0 Å². The van der Waals surface area contributed by atoms with Gasteiger partial charge in [-0.2, -0.15) is 0 Å². The van der Waals surface area contributed by atoms with Crippen LogP contribution in [0.5, 0.6) is 5.75 Å². The van der Waals surface area contributed by atoms with Crippen molar-refractivity contribution < 1.29 is 47.4 Å². The lowest BCUT2D eigenvalue weighted by molar-refractivity contribution is -0.0249. The molecule has 1 aromatic carbocycles. The Morgan fingerprint density at radius 3 is 1.05 bits per heavy atom. The van der Waals surface area contributed by atoms with Crippen LogP contribution in [0, 0.1) is 12.3 Å². The number of hydrogen-bond donors (Lipinski definition) is 1. The smallest absolute Gasteiger partial charge is 0.119 e. The number of terminal acetylenes is 1. The van der Waals surface area contributed by atoms with Crippen molar-refractivity contribution in [3.8, 4) is 18.1 Å². The van der Waals surface area contributed by atoms with Crippen LogP contribution in [-0.2, 0) is 42.6 Å². The zero-order chi connectivity index (χ0) is 27.2. The summed E-state index contributed by atoms with van der Waals surface area (Å²) in [4.78, 5) is 0. The average Bonchev–Trinajstić information content (AvgIpc) is 2.93. The number of ether oxygens (including phenoxy) is 10. The fourth-order valence-electron chi connectivity index (χ4n) is 2.67. The Balaban J connectivity index is 1.64. The van der Waals surface area contributed by atoms with E-state index < -0.39 is 0 Å². The van der Waals surface area contributed by atoms with Crippen molar-refractivity contribution in [3.63, 3.8) is 0 Å². The van der Waals surface area contributed by atoms with E-state index in [1.54, 1.807) is 12.1 Å². The quantitative estimate of drug-likeness (QED) is 0.0898. The largest absolute Gasteiger partial charge is 0.491 e. The molecule has 0 saturated carbocycles. The van der Waals surface area contributed by atoms with Crippen molar-refractivity contribution in [2.45, 2.75) is 0 Å². The van der Waals surface area contributed by atoms with Crippen LogP contribution in [0.25, 0.3) is 0 Å². The maximum absolute atomic E-state index is 5.63. The van der Waals surface area contributed by atoms with Crippen molar-refractivity contribution in [1.82, 2.24) is 0 Å². The first-order chi connectivity index (χ1) is 18.8. The van der Waals surface area contributed by atoms with Gasteiger partial charge in [-0.3, -0.25) is 0 Å². The van der Waals surface area contributed by atoms with Crippen LogP contribution in [-0.4, -0.2) is 126 Å². The Kier molecular flexibility index (Phi) is 25.1. The fourth-order valence-corrected chi connectivity index (χ4v) is 2.67. The van der Waals surface area contributed by atoms with Gasteiger partial charge in [0, 0.05) is 5.69 Å². The molecule has 0 amide bonds. The lowest BCUT2D eigenvalue weighted by Gasteiger charge is -2.09. The van der Waals surface area contributed by atoms with Crippen molar-refractivity contribution in [2.24, 2.45) is 0 Å². The molecule has 11 nitrogen and oxygen atoms in total. The summed E-state index contributed by atoms with van der Waals surface area (Å²) in [7, 11) is 0. The van der Waals surface area contributed by atoms with Gasteiger partial charge < -0.3 is 53.1 Å². The number of nitrogens with two attached hydrogens (primary N) is 1. The Morgan fingerprint density at radius 2 is 0.737 bits per heavy atom. The maximum atomic E-state index is 5.63. The van der Waals surface area contributed by atoms with Gasteiger partial charge in [-0.15, -0.1) is 6.42 Å². The number of anilines is 1. The third-order valence-corrected chi connectivity index (χ3v) is 4.54. The van der Waals surface area contributed by atoms with E-state index in [2.05, 4.69) is 5.92 Å².